The fourth-order valence-corrected chi connectivity index (χ4v) is 3.25. The molecule has 1 fully saturated rings. The van der Waals surface area contributed by atoms with E-state index in [2.05, 4.69) is 45.5 Å². The van der Waals surface area contributed by atoms with E-state index in [0.717, 1.165) is 31.0 Å². The highest BCUT2D eigenvalue weighted by atomic mass is 79.9. The first kappa shape index (κ1) is 11.3. The third-order valence-electron chi connectivity index (χ3n) is 3.92. The number of hydrogen-bond acceptors (Lipinski definition) is 1. The van der Waals surface area contributed by atoms with Crippen molar-refractivity contribution in [2.75, 3.05) is 5.33 Å². The lowest BCUT2D eigenvalue weighted by molar-refractivity contribution is -0.125. The van der Waals surface area contributed by atoms with Gasteiger partial charge in [-0.3, -0.25) is 4.79 Å². The second-order valence-electron chi connectivity index (χ2n) is 5.28. The standard InChI is InChI=1S/C14H16BrNO/c15-9-14(5-6-14)16-13(17)12-7-10-3-1-2-4-11(10)8-12/h1-4,12H,5-9H2,(H,16,17). The minimum Gasteiger partial charge on any atom is -0.350 e. The molecule has 0 atom stereocenters. The predicted octanol–water partition coefficient (Wildman–Crippen LogP) is 2.45. The molecule has 0 heterocycles. The molecule has 2 aliphatic carbocycles. The van der Waals surface area contributed by atoms with Crippen LogP contribution in [0.4, 0.5) is 0 Å². The molecule has 0 aromatic heterocycles. The Bertz CT molecular complexity index is 428. The minimum atomic E-state index is 0.0753. The van der Waals surface area contributed by atoms with Gasteiger partial charge in [0.25, 0.3) is 0 Å². The average molecular weight is 294 g/mol. The highest BCUT2D eigenvalue weighted by Gasteiger charge is 2.44. The Kier molecular flexibility index (Phi) is 2.74. The molecule has 0 unspecified atom stereocenters. The fourth-order valence-electron chi connectivity index (χ4n) is 2.55. The number of fused-ring (bicyclic) bond motifs is 1. The van der Waals surface area contributed by atoms with Crippen LogP contribution in [0.5, 0.6) is 0 Å². The molecule has 2 nitrogen and oxygen atoms in total. The topological polar surface area (TPSA) is 29.1 Å². The van der Waals surface area contributed by atoms with E-state index >= 15 is 0 Å². The maximum Gasteiger partial charge on any atom is 0.224 e. The van der Waals surface area contributed by atoms with Gasteiger partial charge in [0.05, 0.1) is 0 Å². The van der Waals surface area contributed by atoms with Gasteiger partial charge in [0.15, 0.2) is 0 Å². The number of amides is 1. The van der Waals surface area contributed by atoms with Gasteiger partial charge in [-0.25, -0.2) is 0 Å². The summed E-state index contributed by atoms with van der Waals surface area (Å²) >= 11 is 3.48. The molecule has 1 aromatic carbocycles. The molecule has 17 heavy (non-hydrogen) atoms. The van der Waals surface area contributed by atoms with Crippen LogP contribution >= 0.6 is 15.9 Å². The first-order valence-electron chi connectivity index (χ1n) is 6.17. The Hall–Kier alpha value is -0.830. The van der Waals surface area contributed by atoms with Crippen molar-refractivity contribution in [2.24, 2.45) is 5.92 Å². The molecule has 1 aromatic rings. The summed E-state index contributed by atoms with van der Waals surface area (Å²) in [5, 5.41) is 4.09. The normalized spacial score (nSPS) is 21.0. The third-order valence-corrected chi connectivity index (χ3v) is 4.99. The SMILES string of the molecule is O=C(NC1(CBr)CC1)C1Cc2ccccc2C1. The van der Waals surface area contributed by atoms with Crippen LogP contribution in [0.3, 0.4) is 0 Å². The zero-order chi connectivity index (χ0) is 11.9. The summed E-state index contributed by atoms with van der Waals surface area (Å²) in [5.41, 5.74) is 2.76. The zero-order valence-corrected chi connectivity index (χ0v) is 11.3. The molecule has 0 spiro atoms. The van der Waals surface area contributed by atoms with Crippen molar-refractivity contribution in [1.29, 1.82) is 0 Å². The van der Waals surface area contributed by atoms with E-state index in [-0.39, 0.29) is 17.4 Å². The van der Waals surface area contributed by atoms with E-state index < -0.39 is 0 Å². The van der Waals surface area contributed by atoms with Crippen molar-refractivity contribution < 1.29 is 4.79 Å². The van der Waals surface area contributed by atoms with Gasteiger partial charge in [-0.1, -0.05) is 40.2 Å². The van der Waals surface area contributed by atoms with Crippen LogP contribution in [-0.2, 0) is 17.6 Å². The Balaban J connectivity index is 1.66. The van der Waals surface area contributed by atoms with Crippen molar-refractivity contribution in [3.63, 3.8) is 0 Å². The number of benzene rings is 1. The maximum atomic E-state index is 12.2. The summed E-state index contributed by atoms with van der Waals surface area (Å²) in [4.78, 5) is 12.2. The van der Waals surface area contributed by atoms with Crippen molar-refractivity contribution in [3.05, 3.63) is 35.4 Å². The molecule has 1 saturated carbocycles. The smallest absolute Gasteiger partial charge is 0.224 e. The Labute approximate surface area is 110 Å². The van der Waals surface area contributed by atoms with Gasteiger partial charge in [-0.15, -0.1) is 0 Å². The fraction of sp³-hybridized carbons (Fsp3) is 0.500. The molecule has 1 N–H and O–H groups in total. The summed E-state index contributed by atoms with van der Waals surface area (Å²) < 4.78 is 0. The van der Waals surface area contributed by atoms with E-state index in [1.165, 1.54) is 11.1 Å². The van der Waals surface area contributed by atoms with E-state index in [1.807, 2.05) is 0 Å². The minimum absolute atomic E-state index is 0.0753. The van der Waals surface area contributed by atoms with Crippen molar-refractivity contribution in [2.45, 2.75) is 31.2 Å². The maximum absolute atomic E-state index is 12.2. The van der Waals surface area contributed by atoms with Gasteiger partial charge in [-0.05, 0) is 36.8 Å². The van der Waals surface area contributed by atoms with Crippen LogP contribution in [0, 0.1) is 5.92 Å². The van der Waals surface area contributed by atoms with E-state index in [4.69, 9.17) is 0 Å². The monoisotopic (exact) mass is 293 g/mol. The molecule has 0 bridgehead atoms. The molecule has 90 valence electrons. The number of carbonyl (C=O) groups excluding carboxylic acids is 1. The largest absolute Gasteiger partial charge is 0.350 e. The van der Waals surface area contributed by atoms with Crippen LogP contribution in [0.1, 0.15) is 24.0 Å². The number of carbonyl (C=O) groups is 1. The van der Waals surface area contributed by atoms with Gasteiger partial charge >= 0.3 is 0 Å². The molecule has 3 heteroatoms. The molecule has 0 saturated heterocycles. The van der Waals surface area contributed by atoms with Gasteiger partial charge in [0.2, 0.25) is 5.91 Å². The molecular formula is C14H16BrNO. The van der Waals surface area contributed by atoms with Crippen LogP contribution in [0.25, 0.3) is 0 Å². The van der Waals surface area contributed by atoms with Gasteiger partial charge < -0.3 is 5.32 Å². The van der Waals surface area contributed by atoms with Gasteiger partial charge in [-0.2, -0.15) is 0 Å². The summed E-state index contributed by atoms with van der Waals surface area (Å²) in [6.07, 6.45) is 4.04. The van der Waals surface area contributed by atoms with Crippen LogP contribution < -0.4 is 5.32 Å². The van der Waals surface area contributed by atoms with Gasteiger partial charge in [0.1, 0.15) is 0 Å². The molecule has 0 radical (unpaired) electrons. The van der Waals surface area contributed by atoms with Gasteiger partial charge in [0, 0.05) is 16.8 Å². The second-order valence-corrected chi connectivity index (χ2v) is 5.84. The lowest BCUT2D eigenvalue weighted by Crippen LogP contribution is -2.42. The summed E-state index contributed by atoms with van der Waals surface area (Å²) in [5.74, 6) is 0.377. The number of rotatable bonds is 3. The van der Waals surface area contributed by atoms with Crippen molar-refractivity contribution in [1.82, 2.24) is 5.32 Å². The van der Waals surface area contributed by atoms with E-state index in [1.54, 1.807) is 0 Å². The van der Waals surface area contributed by atoms with E-state index in [0.29, 0.717) is 0 Å². The predicted molar refractivity (Wildman–Crippen MR) is 71.2 cm³/mol. The first-order chi connectivity index (χ1) is 8.22. The van der Waals surface area contributed by atoms with Crippen LogP contribution in [-0.4, -0.2) is 16.8 Å². The molecular weight excluding hydrogens is 278 g/mol. The second kappa shape index (κ2) is 4.13. The Morgan fingerprint density at radius 3 is 2.35 bits per heavy atom. The van der Waals surface area contributed by atoms with Crippen molar-refractivity contribution in [3.8, 4) is 0 Å². The lowest BCUT2D eigenvalue weighted by atomic mass is 10.1. The van der Waals surface area contributed by atoms with Crippen molar-refractivity contribution >= 4 is 21.8 Å². The number of alkyl halides is 1. The lowest BCUT2D eigenvalue weighted by Gasteiger charge is -2.17. The molecule has 3 rings (SSSR count). The molecule has 2 aliphatic rings. The summed E-state index contributed by atoms with van der Waals surface area (Å²) in [7, 11) is 0. The quantitative estimate of drug-likeness (QED) is 0.852. The summed E-state index contributed by atoms with van der Waals surface area (Å²) in [6, 6.07) is 8.39. The molecule has 1 amide bonds. The summed E-state index contributed by atoms with van der Waals surface area (Å²) in [6.45, 7) is 0. The highest BCUT2D eigenvalue weighted by Crippen LogP contribution is 2.38. The number of halogens is 1. The van der Waals surface area contributed by atoms with E-state index in [9.17, 15) is 4.79 Å². The van der Waals surface area contributed by atoms with Crippen LogP contribution in [0.15, 0.2) is 24.3 Å². The third kappa shape index (κ3) is 2.13. The number of nitrogens with one attached hydrogen (secondary N) is 1. The molecule has 0 aliphatic heterocycles. The van der Waals surface area contributed by atoms with Crippen LogP contribution in [0.2, 0.25) is 0 Å². The Morgan fingerprint density at radius 2 is 1.88 bits per heavy atom. The first-order valence-corrected chi connectivity index (χ1v) is 7.29. The zero-order valence-electron chi connectivity index (χ0n) is 9.71. The highest BCUT2D eigenvalue weighted by molar-refractivity contribution is 9.09. The Morgan fingerprint density at radius 1 is 1.29 bits per heavy atom. The average Bonchev–Trinajstić information content (AvgIpc) is 2.98. The number of hydrogen-bond donors (Lipinski definition) is 1.